The first-order valence-electron chi connectivity index (χ1n) is 3.54. The summed E-state index contributed by atoms with van der Waals surface area (Å²) in [6, 6.07) is 1.59. The molecule has 0 aliphatic heterocycles. The van der Waals surface area contributed by atoms with Crippen LogP contribution in [0.5, 0.6) is 0 Å². The van der Waals surface area contributed by atoms with Crippen LogP contribution in [0.1, 0.15) is 18.0 Å². The van der Waals surface area contributed by atoms with Gasteiger partial charge in [-0.1, -0.05) is 11.6 Å². The number of rotatable bonds is 2. The van der Waals surface area contributed by atoms with Gasteiger partial charge in [0.05, 0.1) is 5.02 Å². The van der Waals surface area contributed by atoms with E-state index in [1.54, 1.807) is 18.5 Å². The molecule has 3 heteroatoms. The third-order valence-electron chi connectivity index (χ3n) is 1.54. The van der Waals surface area contributed by atoms with Gasteiger partial charge in [0.15, 0.2) is 0 Å². The second-order valence-corrected chi connectivity index (χ2v) is 2.82. The highest BCUT2D eigenvalue weighted by atomic mass is 35.5. The lowest BCUT2D eigenvalue weighted by Gasteiger charge is -2.08. The minimum atomic E-state index is -0.189. The zero-order chi connectivity index (χ0) is 8.97. The summed E-state index contributed by atoms with van der Waals surface area (Å²) in [5.74, 6) is 2.49. The normalized spacial score (nSPS) is 12.1. The van der Waals surface area contributed by atoms with Crippen LogP contribution in [0.15, 0.2) is 18.5 Å². The Labute approximate surface area is 76.8 Å². The van der Waals surface area contributed by atoms with Gasteiger partial charge in [-0.15, -0.1) is 12.3 Å². The van der Waals surface area contributed by atoms with E-state index in [9.17, 15) is 0 Å². The summed E-state index contributed by atoms with van der Waals surface area (Å²) in [5.41, 5.74) is 6.60. The van der Waals surface area contributed by atoms with Crippen LogP contribution in [0, 0.1) is 12.3 Å². The minimum absolute atomic E-state index is 0.189. The van der Waals surface area contributed by atoms with Gasteiger partial charge in [-0.2, -0.15) is 0 Å². The second kappa shape index (κ2) is 4.10. The topological polar surface area (TPSA) is 38.9 Å². The van der Waals surface area contributed by atoms with Gasteiger partial charge in [-0.05, 0) is 11.6 Å². The molecule has 0 aliphatic carbocycles. The van der Waals surface area contributed by atoms with Crippen LogP contribution in [0.2, 0.25) is 5.02 Å². The maximum atomic E-state index is 5.84. The number of nitrogens with two attached hydrogens (primary N) is 1. The van der Waals surface area contributed by atoms with Crippen molar-refractivity contribution in [2.75, 3.05) is 0 Å². The highest BCUT2D eigenvalue weighted by Crippen LogP contribution is 2.21. The van der Waals surface area contributed by atoms with Crippen LogP contribution in [-0.2, 0) is 0 Å². The molecule has 0 radical (unpaired) electrons. The Balaban J connectivity index is 2.88. The molecular weight excluding hydrogens is 172 g/mol. The van der Waals surface area contributed by atoms with Crippen molar-refractivity contribution in [1.82, 2.24) is 4.98 Å². The van der Waals surface area contributed by atoms with E-state index >= 15 is 0 Å². The number of hydrogen-bond donors (Lipinski definition) is 1. The molecule has 62 valence electrons. The number of terminal acetylenes is 1. The molecule has 0 bridgehead atoms. The molecule has 1 heterocycles. The summed E-state index contributed by atoms with van der Waals surface area (Å²) in [5, 5.41) is 0.570. The van der Waals surface area contributed by atoms with Crippen molar-refractivity contribution in [2.45, 2.75) is 12.5 Å². The van der Waals surface area contributed by atoms with Gasteiger partial charge in [-0.25, -0.2) is 0 Å². The van der Waals surface area contributed by atoms with Crippen molar-refractivity contribution < 1.29 is 0 Å². The first kappa shape index (κ1) is 9.05. The zero-order valence-corrected chi connectivity index (χ0v) is 7.25. The van der Waals surface area contributed by atoms with Crippen molar-refractivity contribution in [2.24, 2.45) is 5.73 Å². The lowest BCUT2D eigenvalue weighted by molar-refractivity contribution is 0.753. The fraction of sp³-hybridized carbons (Fsp3) is 0.222. The third-order valence-corrected chi connectivity index (χ3v) is 1.86. The van der Waals surface area contributed by atoms with Crippen molar-refractivity contribution >= 4 is 11.6 Å². The summed E-state index contributed by atoms with van der Waals surface area (Å²) in [7, 11) is 0. The van der Waals surface area contributed by atoms with Crippen LogP contribution in [-0.4, -0.2) is 4.98 Å². The Bertz CT molecular complexity index is 304. The summed E-state index contributed by atoms with van der Waals surface area (Å²) >= 11 is 5.84. The highest BCUT2D eigenvalue weighted by molar-refractivity contribution is 6.31. The average Bonchev–Trinajstić information content (AvgIpc) is 2.05. The van der Waals surface area contributed by atoms with Crippen LogP contribution >= 0.6 is 11.6 Å². The fourth-order valence-electron chi connectivity index (χ4n) is 0.924. The fourth-order valence-corrected chi connectivity index (χ4v) is 1.18. The maximum Gasteiger partial charge on any atom is 0.0637 e. The Morgan fingerprint density at radius 2 is 2.50 bits per heavy atom. The summed E-state index contributed by atoms with van der Waals surface area (Å²) in [4.78, 5) is 3.85. The summed E-state index contributed by atoms with van der Waals surface area (Å²) < 4.78 is 0. The maximum absolute atomic E-state index is 5.84. The van der Waals surface area contributed by atoms with Crippen molar-refractivity contribution in [3.8, 4) is 12.3 Å². The monoisotopic (exact) mass is 180 g/mol. The molecule has 1 unspecified atom stereocenters. The highest BCUT2D eigenvalue weighted by Gasteiger charge is 2.07. The zero-order valence-electron chi connectivity index (χ0n) is 6.50. The van der Waals surface area contributed by atoms with E-state index < -0.39 is 0 Å². The summed E-state index contributed by atoms with van der Waals surface area (Å²) in [6.07, 6.45) is 8.83. The largest absolute Gasteiger partial charge is 0.323 e. The predicted octanol–water partition coefficient (Wildman–Crippen LogP) is 1.76. The van der Waals surface area contributed by atoms with Crippen LogP contribution in [0.4, 0.5) is 0 Å². The van der Waals surface area contributed by atoms with Gasteiger partial charge in [0.2, 0.25) is 0 Å². The Kier molecular flexibility index (Phi) is 3.09. The quantitative estimate of drug-likeness (QED) is 0.705. The number of hydrogen-bond acceptors (Lipinski definition) is 2. The van der Waals surface area contributed by atoms with Crippen LogP contribution in [0.25, 0.3) is 0 Å². The molecule has 0 saturated carbocycles. The van der Waals surface area contributed by atoms with E-state index in [2.05, 4.69) is 10.9 Å². The first-order chi connectivity index (χ1) is 5.75. The Morgan fingerprint density at radius 3 is 3.08 bits per heavy atom. The standard InChI is InChI=1S/C9H9ClN2/c1-2-3-9(11)7-4-5-12-6-8(7)10/h1,4-6,9H,3,11H2. The lowest BCUT2D eigenvalue weighted by atomic mass is 10.1. The molecule has 1 rings (SSSR count). The number of pyridine rings is 1. The van der Waals surface area contributed by atoms with E-state index in [1.807, 2.05) is 0 Å². The molecule has 0 aliphatic rings. The van der Waals surface area contributed by atoms with Gasteiger partial charge in [0.1, 0.15) is 0 Å². The van der Waals surface area contributed by atoms with Crippen molar-refractivity contribution in [3.63, 3.8) is 0 Å². The third kappa shape index (κ3) is 1.97. The molecule has 2 N–H and O–H groups in total. The van der Waals surface area contributed by atoms with E-state index in [1.165, 1.54) is 0 Å². The molecule has 12 heavy (non-hydrogen) atoms. The second-order valence-electron chi connectivity index (χ2n) is 2.41. The predicted molar refractivity (Wildman–Crippen MR) is 49.6 cm³/mol. The lowest BCUT2D eigenvalue weighted by Crippen LogP contribution is -2.09. The van der Waals surface area contributed by atoms with Crippen LogP contribution in [0.3, 0.4) is 0 Å². The van der Waals surface area contributed by atoms with Gasteiger partial charge >= 0.3 is 0 Å². The molecule has 1 atom stereocenters. The molecule has 0 spiro atoms. The molecule has 1 aromatic heterocycles. The van der Waals surface area contributed by atoms with Crippen molar-refractivity contribution in [1.29, 1.82) is 0 Å². The van der Waals surface area contributed by atoms with E-state index in [-0.39, 0.29) is 6.04 Å². The number of halogens is 1. The number of aromatic nitrogens is 1. The molecule has 2 nitrogen and oxygen atoms in total. The molecule has 0 aromatic carbocycles. The molecule has 0 amide bonds. The van der Waals surface area contributed by atoms with Crippen LogP contribution < -0.4 is 5.73 Å². The molecular formula is C9H9ClN2. The SMILES string of the molecule is C#CCC(N)c1ccncc1Cl. The van der Waals surface area contributed by atoms with E-state index in [0.717, 1.165) is 5.56 Å². The molecule has 0 fully saturated rings. The smallest absolute Gasteiger partial charge is 0.0637 e. The molecule has 1 aromatic rings. The summed E-state index contributed by atoms with van der Waals surface area (Å²) in [6.45, 7) is 0. The van der Waals surface area contributed by atoms with Crippen molar-refractivity contribution in [3.05, 3.63) is 29.0 Å². The molecule has 0 saturated heterocycles. The Hall–Kier alpha value is -1.04. The Morgan fingerprint density at radius 1 is 1.75 bits per heavy atom. The van der Waals surface area contributed by atoms with Gasteiger partial charge in [0.25, 0.3) is 0 Å². The minimum Gasteiger partial charge on any atom is -0.323 e. The average molecular weight is 181 g/mol. The van der Waals surface area contributed by atoms with E-state index in [4.69, 9.17) is 23.8 Å². The number of nitrogens with zero attached hydrogens (tertiary/aromatic N) is 1. The first-order valence-corrected chi connectivity index (χ1v) is 3.92. The van der Waals surface area contributed by atoms with E-state index in [0.29, 0.717) is 11.4 Å². The van der Waals surface area contributed by atoms with Gasteiger partial charge in [0, 0.05) is 24.9 Å². The van der Waals surface area contributed by atoms with Gasteiger partial charge < -0.3 is 5.73 Å². The van der Waals surface area contributed by atoms with Gasteiger partial charge in [-0.3, -0.25) is 4.98 Å².